The van der Waals surface area contributed by atoms with E-state index in [2.05, 4.69) is 15.1 Å². The van der Waals surface area contributed by atoms with Crippen molar-refractivity contribution in [3.8, 4) is 11.5 Å². The van der Waals surface area contributed by atoms with Crippen LogP contribution in [0.15, 0.2) is 36.4 Å². The van der Waals surface area contributed by atoms with Crippen LogP contribution in [-0.2, 0) is 11.3 Å². The van der Waals surface area contributed by atoms with Gasteiger partial charge in [-0.2, -0.15) is 0 Å². The molecule has 8 heteroatoms. The molecule has 0 unspecified atom stereocenters. The average Bonchev–Trinajstić information content (AvgIpc) is 2.79. The van der Waals surface area contributed by atoms with Crippen LogP contribution in [0.4, 0.5) is 5.69 Å². The number of morpholine rings is 1. The quantitative estimate of drug-likeness (QED) is 0.589. The molecule has 0 saturated carbocycles. The van der Waals surface area contributed by atoms with Crippen LogP contribution in [0.2, 0.25) is 5.02 Å². The molecule has 3 rings (SSSR count). The topological polar surface area (TPSA) is 46.2 Å². The number of anilines is 1. The van der Waals surface area contributed by atoms with Crippen LogP contribution in [0, 0.1) is 6.92 Å². The molecule has 0 radical (unpaired) electrons. The van der Waals surface area contributed by atoms with Crippen LogP contribution in [0.1, 0.15) is 11.1 Å². The number of halogens is 1. The molecule has 0 aliphatic carbocycles. The first-order chi connectivity index (χ1) is 15.0. The van der Waals surface area contributed by atoms with Gasteiger partial charge in [-0.25, -0.2) is 0 Å². The maximum absolute atomic E-state index is 6.19. The van der Waals surface area contributed by atoms with E-state index in [0.717, 1.165) is 56.2 Å². The number of benzene rings is 2. The Hall–Kier alpha value is -2.06. The van der Waals surface area contributed by atoms with E-state index in [-0.39, 0.29) is 0 Å². The summed E-state index contributed by atoms with van der Waals surface area (Å²) >= 11 is 12.0. The lowest BCUT2D eigenvalue weighted by molar-refractivity contribution is 0.0358. The highest BCUT2D eigenvalue weighted by atomic mass is 35.5. The molecule has 0 amide bonds. The SMILES string of the molecule is COc1ccc(CN(CCN2CCOCC2)C(=S)Nc2cc(Cl)ccc2C)cc1OC. The van der Waals surface area contributed by atoms with E-state index in [1.165, 1.54) is 0 Å². The number of methoxy groups -OCH3 is 2. The van der Waals surface area contributed by atoms with Crippen molar-refractivity contribution in [3.63, 3.8) is 0 Å². The molecule has 1 aliphatic heterocycles. The number of nitrogens with zero attached hydrogens (tertiary/aromatic N) is 2. The first-order valence-corrected chi connectivity index (χ1v) is 11.1. The monoisotopic (exact) mass is 463 g/mol. The van der Waals surface area contributed by atoms with Gasteiger partial charge in [0, 0.05) is 43.4 Å². The number of ether oxygens (including phenoxy) is 3. The molecule has 1 aliphatic rings. The largest absolute Gasteiger partial charge is 0.493 e. The van der Waals surface area contributed by atoms with Crippen LogP contribution < -0.4 is 14.8 Å². The van der Waals surface area contributed by atoms with Gasteiger partial charge in [-0.05, 0) is 54.5 Å². The molecule has 168 valence electrons. The summed E-state index contributed by atoms with van der Waals surface area (Å²) in [5.74, 6) is 1.42. The first kappa shape index (κ1) is 23.6. The molecule has 0 atom stereocenters. The zero-order valence-corrected chi connectivity index (χ0v) is 19.9. The van der Waals surface area contributed by atoms with Crippen LogP contribution in [-0.4, -0.2) is 68.5 Å². The molecular formula is C23H30ClN3O3S. The van der Waals surface area contributed by atoms with E-state index in [1.807, 2.05) is 43.3 Å². The van der Waals surface area contributed by atoms with E-state index in [4.69, 9.17) is 38.0 Å². The van der Waals surface area contributed by atoms with Gasteiger partial charge in [0.1, 0.15) is 0 Å². The summed E-state index contributed by atoms with van der Waals surface area (Å²) in [6.45, 7) is 7.83. The smallest absolute Gasteiger partial charge is 0.173 e. The molecule has 1 saturated heterocycles. The van der Waals surface area contributed by atoms with Crippen LogP contribution in [0.3, 0.4) is 0 Å². The zero-order chi connectivity index (χ0) is 22.2. The van der Waals surface area contributed by atoms with Crippen molar-refractivity contribution in [3.05, 3.63) is 52.5 Å². The first-order valence-electron chi connectivity index (χ1n) is 10.3. The van der Waals surface area contributed by atoms with Crippen LogP contribution in [0.25, 0.3) is 0 Å². The Kier molecular flexibility index (Phi) is 8.78. The molecule has 2 aromatic carbocycles. The molecule has 0 aromatic heterocycles. The summed E-state index contributed by atoms with van der Waals surface area (Å²) in [4.78, 5) is 4.57. The number of rotatable bonds is 8. The number of hydrogen-bond donors (Lipinski definition) is 1. The normalized spacial score (nSPS) is 14.2. The molecule has 1 N–H and O–H groups in total. The Morgan fingerprint density at radius 1 is 1.13 bits per heavy atom. The molecular weight excluding hydrogens is 434 g/mol. The Bertz CT molecular complexity index is 890. The van der Waals surface area contributed by atoms with Gasteiger partial charge in [0.25, 0.3) is 0 Å². The molecule has 31 heavy (non-hydrogen) atoms. The predicted molar refractivity (Wildman–Crippen MR) is 130 cm³/mol. The number of hydrogen-bond acceptors (Lipinski definition) is 5. The van der Waals surface area contributed by atoms with E-state index >= 15 is 0 Å². The Labute approximate surface area is 195 Å². The maximum atomic E-state index is 6.19. The fourth-order valence-corrected chi connectivity index (χ4v) is 3.90. The van der Waals surface area contributed by atoms with Crippen molar-refractivity contribution >= 4 is 34.6 Å². The Morgan fingerprint density at radius 2 is 1.87 bits per heavy atom. The number of aryl methyl sites for hydroxylation is 1. The second-order valence-corrected chi connectivity index (χ2v) is 8.28. The summed E-state index contributed by atoms with van der Waals surface area (Å²) in [6, 6.07) is 11.7. The summed E-state index contributed by atoms with van der Waals surface area (Å²) in [5.41, 5.74) is 3.10. The minimum atomic E-state index is 0.649. The summed E-state index contributed by atoms with van der Waals surface area (Å²) in [7, 11) is 3.28. The van der Waals surface area contributed by atoms with E-state index in [1.54, 1.807) is 14.2 Å². The fraction of sp³-hybridized carbons (Fsp3) is 0.435. The van der Waals surface area contributed by atoms with Crippen molar-refractivity contribution in [1.82, 2.24) is 9.80 Å². The highest BCUT2D eigenvalue weighted by Crippen LogP contribution is 2.28. The fourth-order valence-electron chi connectivity index (χ4n) is 3.46. The van der Waals surface area contributed by atoms with E-state index < -0.39 is 0 Å². The summed E-state index contributed by atoms with van der Waals surface area (Å²) in [5, 5.41) is 4.72. The molecule has 2 aromatic rings. The molecule has 6 nitrogen and oxygen atoms in total. The third-order valence-corrected chi connectivity index (χ3v) is 5.94. The van der Waals surface area contributed by atoms with Gasteiger partial charge in [0.05, 0.1) is 27.4 Å². The molecule has 1 fully saturated rings. The van der Waals surface area contributed by atoms with Crippen molar-refractivity contribution < 1.29 is 14.2 Å². The minimum absolute atomic E-state index is 0.649. The van der Waals surface area contributed by atoms with Crippen molar-refractivity contribution in [1.29, 1.82) is 0 Å². The predicted octanol–water partition coefficient (Wildman–Crippen LogP) is 4.20. The second-order valence-electron chi connectivity index (χ2n) is 7.45. The Morgan fingerprint density at radius 3 is 2.58 bits per heavy atom. The lowest BCUT2D eigenvalue weighted by atomic mass is 10.2. The van der Waals surface area contributed by atoms with Gasteiger partial charge in [0.15, 0.2) is 16.6 Å². The maximum Gasteiger partial charge on any atom is 0.173 e. The van der Waals surface area contributed by atoms with E-state index in [0.29, 0.717) is 28.2 Å². The third-order valence-electron chi connectivity index (χ3n) is 5.34. The minimum Gasteiger partial charge on any atom is -0.493 e. The van der Waals surface area contributed by atoms with Gasteiger partial charge < -0.3 is 24.4 Å². The standard InChI is InChI=1S/C23H30ClN3O3S/c1-17-4-6-19(24)15-20(17)25-23(31)27(9-8-26-10-12-30-13-11-26)16-18-5-7-21(28-2)22(14-18)29-3/h4-7,14-15H,8-13,16H2,1-3H3,(H,25,31). The van der Waals surface area contributed by atoms with Crippen molar-refractivity contribution in [2.75, 3.05) is 58.9 Å². The van der Waals surface area contributed by atoms with Crippen molar-refractivity contribution in [2.45, 2.75) is 13.5 Å². The Balaban J connectivity index is 1.76. The summed E-state index contributed by atoms with van der Waals surface area (Å²) < 4.78 is 16.3. The average molecular weight is 464 g/mol. The van der Waals surface area contributed by atoms with Gasteiger partial charge in [-0.1, -0.05) is 23.7 Å². The zero-order valence-electron chi connectivity index (χ0n) is 18.3. The lowest BCUT2D eigenvalue weighted by Gasteiger charge is -2.32. The second kappa shape index (κ2) is 11.5. The van der Waals surface area contributed by atoms with Crippen LogP contribution in [0.5, 0.6) is 11.5 Å². The number of nitrogens with one attached hydrogen (secondary N) is 1. The molecule has 0 spiro atoms. The summed E-state index contributed by atoms with van der Waals surface area (Å²) in [6.07, 6.45) is 0. The van der Waals surface area contributed by atoms with E-state index in [9.17, 15) is 0 Å². The van der Waals surface area contributed by atoms with Gasteiger partial charge in [0.2, 0.25) is 0 Å². The highest BCUT2D eigenvalue weighted by Gasteiger charge is 2.17. The molecule has 1 heterocycles. The van der Waals surface area contributed by atoms with Gasteiger partial charge in [-0.15, -0.1) is 0 Å². The van der Waals surface area contributed by atoms with Crippen LogP contribution >= 0.6 is 23.8 Å². The van der Waals surface area contributed by atoms with Gasteiger partial charge >= 0.3 is 0 Å². The number of thiocarbonyl (C=S) groups is 1. The highest BCUT2D eigenvalue weighted by molar-refractivity contribution is 7.80. The lowest BCUT2D eigenvalue weighted by Crippen LogP contribution is -2.44. The third kappa shape index (κ3) is 6.71. The van der Waals surface area contributed by atoms with Crippen molar-refractivity contribution in [2.24, 2.45) is 0 Å². The molecule has 0 bridgehead atoms. The van der Waals surface area contributed by atoms with Gasteiger partial charge in [-0.3, -0.25) is 4.90 Å².